The quantitative estimate of drug-likeness (QED) is 0.657. The first-order valence-corrected chi connectivity index (χ1v) is 8.11. The van der Waals surface area contributed by atoms with E-state index in [2.05, 4.69) is 10.0 Å². The molecule has 0 saturated carbocycles. The number of rotatable bonds is 6. The van der Waals surface area contributed by atoms with Gasteiger partial charge in [-0.15, -0.1) is 0 Å². The molecule has 4 N–H and O–H groups in total. The van der Waals surface area contributed by atoms with Crippen LogP contribution in [0.1, 0.15) is 6.42 Å². The normalized spacial score (nSPS) is 22.4. The third-order valence-corrected chi connectivity index (χ3v) is 5.12. The second-order valence-electron chi connectivity index (χ2n) is 5.01. The van der Waals surface area contributed by atoms with E-state index in [4.69, 9.17) is 15.2 Å². The highest BCUT2D eigenvalue weighted by atomic mass is 32.2. The summed E-state index contributed by atoms with van der Waals surface area (Å²) in [7, 11) is -0.594. The minimum absolute atomic E-state index is 0.121. The Morgan fingerprint density at radius 3 is 2.81 bits per heavy atom. The number of methoxy groups -OCH3 is 1. The van der Waals surface area contributed by atoms with Crippen molar-refractivity contribution >= 4 is 21.4 Å². The molecule has 1 aromatic rings. The number of benzene rings is 1. The van der Waals surface area contributed by atoms with Crippen LogP contribution in [-0.2, 0) is 19.5 Å². The van der Waals surface area contributed by atoms with Gasteiger partial charge in [0, 0.05) is 32.4 Å². The highest BCUT2D eigenvalue weighted by Crippen LogP contribution is 2.27. The number of ether oxygens (including phenoxy) is 2. The van der Waals surface area contributed by atoms with Gasteiger partial charge < -0.3 is 20.5 Å². The van der Waals surface area contributed by atoms with Gasteiger partial charge in [-0.05, 0) is 25.2 Å². The van der Waals surface area contributed by atoms with Crippen LogP contribution in [0.25, 0.3) is 0 Å². The summed E-state index contributed by atoms with van der Waals surface area (Å²) in [6.07, 6.45) is 0.763. The van der Waals surface area contributed by atoms with Gasteiger partial charge in [0.2, 0.25) is 10.0 Å². The summed E-state index contributed by atoms with van der Waals surface area (Å²) in [5.74, 6) is 0. The molecule has 1 aliphatic heterocycles. The number of sulfonamides is 1. The van der Waals surface area contributed by atoms with Gasteiger partial charge in [0.05, 0.1) is 12.3 Å². The van der Waals surface area contributed by atoms with Gasteiger partial charge in [0.15, 0.2) is 0 Å². The monoisotopic (exact) mass is 315 g/mol. The van der Waals surface area contributed by atoms with Crippen LogP contribution in [0.5, 0.6) is 0 Å². The smallest absolute Gasteiger partial charge is 0.242 e. The average molecular weight is 315 g/mol. The van der Waals surface area contributed by atoms with E-state index < -0.39 is 15.6 Å². The Kier molecular flexibility index (Phi) is 4.72. The Labute approximate surface area is 124 Å². The van der Waals surface area contributed by atoms with Gasteiger partial charge in [-0.3, -0.25) is 0 Å². The summed E-state index contributed by atoms with van der Waals surface area (Å²) in [4.78, 5) is 0.121. The second kappa shape index (κ2) is 6.18. The SMILES string of the molecule is CNS(=O)(=O)c1cc(N)ccc1NCC1(OC)CCOC1. The number of hydrogen-bond acceptors (Lipinski definition) is 6. The average Bonchev–Trinajstić information content (AvgIpc) is 2.95. The Morgan fingerprint density at radius 1 is 1.48 bits per heavy atom. The van der Waals surface area contributed by atoms with Crippen LogP contribution in [0.2, 0.25) is 0 Å². The lowest BCUT2D eigenvalue weighted by Gasteiger charge is -2.27. The molecule has 118 valence electrons. The van der Waals surface area contributed by atoms with Gasteiger partial charge in [0.1, 0.15) is 10.5 Å². The maximum absolute atomic E-state index is 12.1. The molecule has 0 spiro atoms. The lowest BCUT2D eigenvalue weighted by atomic mass is 10.0. The zero-order valence-corrected chi connectivity index (χ0v) is 13.0. The molecule has 1 heterocycles. The zero-order valence-electron chi connectivity index (χ0n) is 12.2. The van der Waals surface area contributed by atoms with Crippen molar-refractivity contribution in [3.63, 3.8) is 0 Å². The standard InChI is InChI=1S/C13H21N3O4S/c1-15-21(17,18)12-7-10(14)3-4-11(12)16-8-13(19-2)5-6-20-9-13/h3-4,7,15-16H,5-6,8-9,14H2,1-2H3. The Morgan fingerprint density at radius 2 is 2.24 bits per heavy atom. The third-order valence-electron chi connectivity index (χ3n) is 3.67. The van der Waals surface area contributed by atoms with Crippen molar-refractivity contribution in [1.29, 1.82) is 0 Å². The van der Waals surface area contributed by atoms with Crippen LogP contribution >= 0.6 is 0 Å². The van der Waals surface area contributed by atoms with Crippen molar-refractivity contribution in [3.8, 4) is 0 Å². The molecule has 21 heavy (non-hydrogen) atoms. The van der Waals surface area contributed by atoms with E-state index >= 15 is 0 Å². The highest BCUT2D eigenvalue weighted by Gasteiger charge is 2.35. The number of nitrogens with one attached hydrogen (secondary N) is 2. The number of anilines is 2. The lowest BCUT2D eigenvalue weighted by molar-refractivity contribution is -0.00623. The lowest BCUT2D eigenvalue weighted by Crippen LogP contribution is -2.40. The number of nitrogen functional groups attached to an aromatic ring is 1. The number of hydrogen-bond donors (Lipinski definition) is 3. The van der Waals surface area contributed by atoms with Gasteiger partial charge >= 0.3 is 0 Å². The molecule has 0 radical (unpaired) electrons. The van der Waals surface area contributed by atoms with Crippen molar-refractivity contribution in [2.45, 2.75) is 16.9 Å². The third kappa shape index (κ3) is 3.46. The van der Waals surface area contributed by atoms with Crippen LogP contribution in [-0.4, -0.2) is 47.9 Å². The van der Waals surface area contributed by atoms with Crippen molar-refractivity contribution < 1.29 is 17.9 Å². The summed E-state index contributed by atoms with van der Waals surface area (Å²) >= 11 is 0. The van der Waals surface area contributed by atoms with E-state index in [1.807, 2.05) is 0 Å². The fourth-order valence-electron chi connectivity index (χ4n) is 2.23. The van der Waals surface area contributed by atoms with Crippen molar-refractivity contribution in [3.05, 3.63) is 18.2 Å². The van der Waals surface area contributed by atoms with E-state index in [1.165, 1.54) is 13.1 Å². The van der Waals surface area contributed by atoms with Gasteiger partial charge in [-0.1, -0.05) is 0 Å². The van der Waals surface area contributed by atoms with E-state index in [9.17, 15) is 8.42 Å². The molecule has 7 nitrogen and oxygen atoms in total. The first kappa shape index (κ1) is 16.0. The van der Waals surface area contributed by atoms with Crippen molar-refractivity contribution in [2.24, 2.45) is 0 Å². The maximum Gasteiger partial charge on any atom is 0.242 e. The van der Waals surface area contributed by atoms with Crippen LogP contribution in [0.4, 0.5) is 11.4 Å². The molecule has 1 saturated heterocycles. The van der Waals surface area contributed by atoms with E-state index in [0.29, 0.717) is 31.1 Å². The molecule has 1 atom stereocenters. The van der Waals surface area contributed by atoms with Gasteiger partial charge in [-0.25, -0.2) is 13.1 Å². The van der Waals surface area contributed by atoms with E-state index in [0.717, 1.165) is 6.42 Å². The molecule has 1 fully saturated rings. The molecular weight excluding hydrogens is 294 g/mol. The molecule has 1 aliphatic rings. The van der Waals surface area contributed by atoms with E-state index in [-0.39, 0.29) is 4.90 Å². The van der Waals surface area contributed by atoms with Crippen LogP contribution in [0, 0.1) is 0 Å². The maximum atomic E-state index is 12.1. The largest absolute Gasteiger partial charge is 0.399 e. The molecule has 2 rings (SSSR count). The highest BCUT2D eigenvalue weighted by molar-refractivity contribution is 7.89. The molecular formula is C13H21N3O4S. The molecule has 0 bridgehead atoms. The molecule has 0 amide bonds. The summed E-state index contributed by atoms with van der Waals surface area (Å²) in [5, 5.41) is 3.13. The molecule has 0 aromatic heterocycles. The molecule has 1 aromatic carbocycles. The van der Waals surface area contributed by atoms with Crippen LogP contribution < -0.4 is 15.8 Å². The summed E-state index contributed by atoms with van der Waals surface area (Å²) < 4.78 is 37.3. The first-order valence-electron chi connectivity index (χ1n) is 6.62. The first-order chi connectivity index (χ1) is 9.92. The van der Waals surface area contributed by atoms with Gasteiger partial charge in [0.25, 0.3) is 0 Å². The predicted molar refractivity (Wildman–Crippen MR) is 80.8 cm³/mol. The van der Waals surface area contributed by atoms with Gasteiger partial charge in [-0.2, -0.15) is 0 Å². The topological polar surface area (TPSA) is 103 Å². The Bertz CT molecular complexity index is 597. The summed E-state index contributed by atoms with van der Waals surface area (Å²) in [5.41, 5.74) is 6.13. The van der Waals surface area contributed by atoms with Crippen LogP contribution in [0.3, 0.4) is 0 Å². The molecule has 8 heteroatoms. The van der Waals surface area contributed by atoms with Crippen LogP contribution in [0.15, 0.2) is 23.1 Å². The summed E-state index contributed by atoms with van der Waals surface area (Å²) in [6.45, 7) is 1.58. The predicted octanol–water partition coefficient (Wildman–Crippen LogP) is 0.394. The molecule has 0 aliphatic carbocycles. The Balaban J connectivity index is 2.24. The Hall–Kier alpha value is -1.35. The minimum atomic E-state index is -3.59. The summed E-state index contributed by atoms with van der Waals surface area (Å²) in [6, 6.07) is 4.74. The van der Waals surface area contributed by atoms with Crippen molar-refractivity contribution in [1.82, 2.24) is 4.72 Å². The second-order valence-corrected chi connectivity index (χ2v) is 6.86. The minimum Gasteiger partial charge on any atom is -0.399 e. The molecule has 1 unspecified atom stereocenters. The zero-order chi connectivity index (χ0) is 15.5. The van der Waals surface area contributed by atoms with E-state index in [1.54, 1.807) is 19.2 Å². The van der Waals surface area contributed by atoms with Crippen molar-refractivity contribution in [2.75, 3.05) is 45.0 Å². The number of nitrogens with two attached hydrogens (primary N) is 1. The fourth-order valence-corrected chi connectivity index (χ4v) is 3.18. The fraction of sp³-hybridized carbons (Fsp3) is 0.538.